The topological polar surface area (TPSA) is 79.4 Å². The number of carbonyl (C=O) groups is 1. The Morgan fingerprint density at radius 3 is 2.45 bits per heavy atom. The summed E-state index contributed by atoms with van der Waals surface area (Å²) in [5.74, 6) is 1.11. The minimum Gasteiger partial charge on any atom is -0.379 e. The van der Waals surface area contributed by atoms with E-state index in [1.54, 1.807) is 6.07 Å². The maximum absolute atomic E-state index is 11.9. The average molecular weight is 307 g/mol. The van der Waals surface area contributed by atoms with Crippen molar-refractivity contribution in [1.82, 2.24) is 15.1 Å². The Bertz CT molecular complexity index is 478. The highest BCUT2D eigenvalue weighted by Gasteiger charge is 2.21. The van der Waals surface area contributed by atoms with Crippen LogP contribution < -0.4 is 10.6 Å². The third-order valence-electron chi connectivity index (χ3n) is 3.43. The van der Waals surface area contributed by atoms with Gasteiger partial charge in [-0.15, -0.1) is 10.2 Å². The molecular weight excluding hydrogens is 282 g/mol. The molecule has 7 nitrogen and oxygen atoms in total. The van der Waals surface area contributed by atoms with Gasteiger partial charge < -0.3 is 15.4 Å². The van der Waals surface area contributed by atoms with Crippen molar-refractivity contribution < 1.29 is 9.53 Å². The number of amides is 1. The summed E-state index contributed by atoms with van der Waals surface area (Å²) in [4.78, 5) is 14.2. The fourth-order valence-corrected chi connectivity index (χ4v) is 1.96. The first-order valence-corrected chi connectivity index (χ1v) is 7.64. The van der Waals surface area contributed by atoms with Crippen LogP contribution in [0.5, 0.6) is 0 Å². The van der Waals surface area contributed by atoms with Gasteiger partial charge in [-0.1, -0.05) is 20.8 Å². The van der Waals surface area contributed by atoms with E-state index in [2.05, 4.69) is 25.7 Å². The number of carbonyl (C=O) groups excluding carboxylic acids is 1. The maximum Gasteiger partial charge on any atom is 0.230 e. The molecule has 1 aliphatic rings. The molecule has 7 heteroatoms. The van der Waals surface area contributed by atoms with Crippen molar-refractivity contribution >= 4 is 17.5 Å². The molecule has 0 spiro atoms. The van der Waals surface area contributed by atoms with E-state index in [-0.39, 0.29) is 5.91 Å². The summed E-state index contributed by atoms with van der Waals surface area (Å²) in [6, 6.07) is 3.58. The Hall–Kier alpha value is -1.73. The largest absolute Gasteiger partial charge is 0.379 e. The van der Waals surface area contributed by atoms with Gasteiger partial charge in [0, 0.05) is 31.6 Å². The number of ether oxygens (including phenoxy) is 1. The van der Waals surface area contributed by atoms with Crippen molar-refractivity contribution in [1.29, 1.82) is 0 Å². The van der Waals surface area contributed by atoms with Gasteiger partial charge >= 0.3 is 0 Å². The molecule has 0 saturated carbocycles. The molecule has 2 heterocycles. The Balaban J connectivity index is 1.75. The average Bonchev–Trinajstić information content (AvgIpc) is 2.49. The lowest BCUT2D eigenvalue weighted by Gasteiger charge is -2.26. The van der Waals surface area contributed by atoms with E-state index in [0.717, 1.165) is 39.4 Å². The predicted octanol–water partition coefficient (Wildman–Crippen LogP) is 1.21. The molecule has 0 unspecified atom stereocenters. The SMILES string of the molecule is CC(C)(C)C(=O)Nc1ccc(NCCN2CCOCC2)nn1. The van der Waals surface area contributed by atoms with Crippen molar-refractivity contribution in [2.24, 2.45) is 5.41 Å². The Morgan fingerprint density at radius 2 is 1.86 bits per heavy atom. The zero-order valence-corrected chi connectivity index (χ0v) is 13.6. The van der Waals surface area contributed by atoms with Crippen molar-refractivity contribution in [3.63, 3.8) is 0 Å². The quantitative estimate of drug-likeness (QED) is 0.851. The van der Waals surface area contributed by atoms with E-state index in [9.17, 15) is 4.79 Å². The monoisotopic (exact) mass is 307 g/mol. The molecule has 0 bridgehead atoms. The number of hydrogen-bond donors (Lipinski definition) is 2. The summed E-state index contributed by atoms with van der Waals surface area (Å²) in [5.41, 5.74) is -0.448. The molecule has 1 aromatic heterocycles. The van der Waals surface area contributed by atoms with Gasteiger partial charge in [0.15, 0.2) is 5.82 Å². The van der Waals surface area contributed by atoms with E-state index in [1.165, 1.54) is 0 Å². The number of nitrogens with zero attached hydrogens (tertiary/aromatic N) is 3. The molecule has 2 N–H and O–H groups in total. The van der Waals surface area contributed by atoms with Crippen molar-refractivity contribution in [3.05, 3.63) is 12.1 Å². The first kappa shape index (κ1) is 16.6. The minimum atomic E-state index is -0.448. The van der Waals surface area contributed by atoms with E-state index in [4.69, 9.17) is 4.74 Å². The first-order chi connectivity index (χ1) is 10.4. The highest BCUT2D eigenvalue weighted by molar-refractivity contribution is 5.93. The van der Waals surface area contributed by atoms with Crippen LogP contribution in [0.25, 0.3) is 0 Å². The second-order valence-electron chi connectivity index (χ2n) is 6.39. The highest BCUT2D eigenvalue weighted by Crippen LogP contribution is 2.16. The molecule has 1 fully saturated rings. The molecule has 0 aromatic carbocycles. The van der Waals surface area contributed by atoms with Crippen LogP contribution in [0, 0.1) is 5.41 Å². The normalized spacial score (nSPS) is 16.3. The second kappa shape index (κ2) is 7.51. The summed E-state index contributed by atoms with van der Waals surface area (Å²) < 4.78 is 5.31. The van der Waals surface area contributed by atoms with Crippen molar-refractivity contribution in [3.8, 4) is 0 Å². The van der Waals surface area contributed by atoms with Crippen LogP contribution in [-0.4, -0.2) is 60.4 Å². The highest BCUT2D eigenvalue weighted by atomic mass is 16.5. The fraction of sp³-hybridized carbons (Fsp3) is 0.667. The molecule has 1 saturated heterocycles. The molecule has 122 valence electrons. The van der Waals surface area contributed by atoms with E-state index in [1.807, 2.05) is 26.8 Å². The molecular formula is C15H25N5O2. The lowest BCUT2D eigenvalue weighted by atomic mass is 9.96. The second-order valence-corrected chi connectivity index (χ2v) is 6.39. The van der Waals surface area contributed by atoms with Crippen molar-refractivity contribution in [2.45, 2.75) is 20.8 Å². The third-order valence-corrected chi connectivity index (χ3v) is 3.43. The van der Waals surface area contributed by atoms with Crippen LogP contribution in [0.15, 0.2) is 12.1 Å². The molecule has 1 aliphatic heterocycles. The summed E-state index contributed by atoms with van der Waals surface area (Å²) >= 11 is 0. The zero-order chi connectivity index (χ0) is 16.0. The van der Waals surface area contributed by atoms with Gasteiger partial charge in [-0.25, -0.2) is 0 Å². The van der Waals surface area contributed by atoms with Crippen LogP contribution >= 0.6 is 0 Å². The van der Waals surface area contributed by atoms with Gasteiger partial charge in [0.2, 0.25) is 5.91 Å². The minimum absolute atomic E-state index is 0.0742. The van der Waals surface area contributed by atoms with Gasteiger partial charge in [-0.05, 0) is 12.1 Å². The number of hydrogen-bond acceptors (Lipinski definition) is 6. The van der Waals surface area contributed by atoms with Gasteiger partial charge in [0.1, 0.15) is 5.82 Å². The summed E-state index contributed by atoms with van der Waals surface area (Å²) in [6.45, 7) is 10.9. The number of anilines is 2. The van der Waals surface area contributed by atoms with Crippen LogP contribution in [0.3, 0.4) is 0 Å². The van der Waals surface area contributed by atoms with Gasteiger partial charge in [0.05, 0.1) is 13.2 Å². The number of aromatic nitrogens is 2. The maximum atomic E-state index is 11.9. The van der Waals surface area contributed by atoms with E-state index in [0.29, 0.717) is 11.6 Å². The Kier molecular flexibility index (Phi) is 5.68. The smallest absolute Gasteiger partial charge is 0.230 e. The van der Waals surface area contributed by atoms with Gasteiger partial charge in [-0.2, -0.15) is 0 Å². The molecule has 0 atom stereocenters. The van der Waals surface area contributed by atoms with E-state index >= 15 is 0 Å². The first-order valence-electron chi connectivity index (χ1n) is 7.64. The Labute approximate surface area is 131 Å². The summed E-state index contributed by atoms with van der Waals surface area (Å²) in [6.07, 6.45) is 0. The van der Waals surface area contributed by atoms with Gasteiger partial charge in [-0.3, -0.25) is 9.69 Å². The van der Waals surface area contributed by atoms with Crippen molar-refractivity contribution in [2.75, 3.05) is 50.0 Å². The summed E-state index contributed by atoms with van der Waals surface area (Å²) in [7, 11) is 0. The van der Waals surface area contributed by atoms with Crippen LogP contribution in [0.1, 0.15) is 20.8 Å². The van der Waals surface area contributed by atoms with Gasteiger partial charge in [0.25, 0.3) is 0 Å². The number of morpholine rings is 1. The molecule has 22 heavy (non-hydrogen) atoms. The number of nitrogens with one attached hydrogen (secondary N) is 2. The molecule has 1 amide bonds. The van der Waals surface area contributed by atoms with Crippen LogP contribution in [0.4, 0.5) is 11.6 Å². The third kappa shape index (κ3) is 5.23. The summed E-state index contributed by atoms with van der Waals surface area (Å²) in [5, 5.41) is 14.1. The Morgan fingerprint density at radius 1 is 1.23 bits per heavy atom. The zero-order valence-electron chi connectivity index (χ0n) is 13.6. The van der Waals surface area contributed by atoms with Crippen LogP contribution in [-0.2, 0) is 9.53 Å². The molecule has 0 radical (unpaired) electrons. The standard InChI is InChI=1S/C15H25N5O2/c1-15(2,3)14(21)17-13-5-4-12(18-19-13)16-6-7-20-8-10-22-11-9-20/h4-5H,6-11H2,1-3H3,(H,16,18)(H,17,19,21). The molecule has 1 aromatic rings. The lowest BCUT2D eigenvalue weighted by molar-refractivity contribution is -0.123. The fourth-order valence-electron chi connectivity index (χ4n) is 1.96. The predicted molar refractivity (Wildman–Crippen MR) is 85.9 cm³/mol. The lowest BCUT2D eigenvalue weighted by Crippen LogP contribution is -2.39. The molecule has 0 aliphatic carbocycles. The number of rotatable bonds is 5. The van der Waals surface area contributed by atoms with Crippen LogP contribution in [0.2, 0.25) is 0 Å². The molecule has 2 rings (SSSR count). The van der Waals surface area contributed by atoms with E-state index < -0.39 is 5.41 Å².